The summed E-state index contributed by atoms with van der Waals surface area (Å²) in [5.74, 6) is -0.357. The number of pyridine rings is 1. The maximum Gasteiger partial charge on any atom is 0.141 e. The van der Waals surface area contributed by atoms with Crippen LogP contribution in [0.2, 0.25) is 5.02 Å². The van der Waals surface area contributed by atoms with E-state index in [4.69, 9.17) is 11.6 Å². The molecule has 1 aromatic carbocycles. The number of fused-ring (bicyclic) bond motifs is 1. The van der Waals surface area contributed by atoms with Crippen molar-refractivity contribution in [1.29, 1.82) is 0 Å². The molecular formula is C13H10ClFN4S. The van der Waals surface area contributed by atoms with Crippen LogP contribution in [0.3, 0.4) is 0 Å². The van der Waals surface area contributed by atoms with Crippen molar-refractivity contribution in [2.24, 2.45) is 0 Å². The summed E-state index contributed by atoms with van der Waals surface area (Å²) in [6.45, 7) is 1.93. The average Bonchev–Trinajstić information content (AvgIpc) is 2.91. The first-order chi connectivity index (χ1) is 9.65. The number of halogens is 2. The van der Waals surface area contributed by atoms with E-state index >= 15 is 0 Å². The lowest BCUT2D eigenvalue weighted by atomic mass is 10.2. The zero-order valence-electron chi connectivity index (χ0n) is 10.5. The van der Waals surface area contributed by atoms with Crippen LogP contribution in [-0.2, 0) is 0 Å². The molecule has 1 N–H and O–H groups in total. The number of hydrogen-bond acceptors (Lipinski definition) is 5. The second-order valence-corrected chi connectivity index (χ2v) is 5.26. The monoisotopic (exact) mass is 308 g/mol. The van der Waals surface area contributed by atoms with Crippen molar-refractivity contribution in [3.8, 4) is 0 Å². The third kappa shape index (κ3) is 2.44. The summed E-state index contributed by atoms with van der Waals surface area (Å²) < 4.78 is 21.3. The maximum absolute atomic E-state index is 12.9. The van der Waals surface area contributed by atoms with Crippen LogP contribution in [0.5, 0.6) is 0 Å². The molecule has 0 bridgehead atoms. The highest BCUT2D eigenvalue weighted by Gasteiger charge is 2.14. The van der Waals surface area contributed by atoms with Gasteiger partial charge in [-0.2, -0.15) is 8.75 Å². The van der Waals surface area contributed by atoms with E-state index in [1.54, 1.807) is 12.1 Å². The van der Waals surface area contributed by atoms with Crippen LogP contribution < -0.4 is 5.32 Å². The largest absolute Gasteiger partial charge is 0.374 e. The summed E-state index contributed by atoms with van der Waals surface area (Å²) in [6, 6.07) is 6.50. The Morgan fingerprint density at radius 2 is 2.10 bits per heavy atom. The molecule has 1 unspecified atom stereocenters. The van der Waals surface area contributed by atoms with Crippen molar-refractivity contribution in [3.63, 3.8) is 0 Å². The molecule has 20 heavy (non-hydrogen) atoms. The van der Waals surface area contributed by atoms with Crippen molar-refractivity contribution in [2.45, 2.75) is 13.0 Å². The van der Waals surface area contributed by atoms with Crippen molar-refractivity contribution < 1.29 is 4.39 Å². The van der Waals surface area contributed by atoms with Crippen LogP contribution in [0, 0.1) is 5.82 Å². The smallest absolute Gasteiger partial charge is 0.141 e. The van der Waals surface area contributed by atoms with E-state index < -0.39 is 0 Å². The number of anilines is 1. The Bertz CT molecular complexity index is 744. The van der Waals surface area contributed by atoms with Crippen molar-refractivity contribution in [2.75, 3.05) is 5.32 Å². The van der Waals surface area contributed by atoms with Crippen molar-refractivity contribution in [1.82, 2.24) is 13.7 Å². The molecule has 3 aromatic rings. The van der Waals surface area contributed by atoms with Gasteiger partial charge < -0.3 is 5.32 Å². The predicted molar refractivity (Wildman–Crippen MR) is 78.7 cm³/mol. The zero-order valence-corrected chi connectivity index (χ0v) is 12.0. The fraction of sp³-hybridized carbons (Fsp3) is 0.154. The van der Waals surface area contributed by atoms with E-state index in [1.807, 2.05) is 13.0 Å². The second kappa shape index (κ2) is 5.30. The van der Waals surface area contributed by atoms with Gasteiger partial charge in [-0.1, -0.05) is 11.6 Å². The highest BCUT2D eigenvalue weighted by atomic mass is 35.5. The molecule has 102 valence electrons. The summed E-state index contributed by atoms with van der Waals surface area (Å²) in [6.07, 6.45) is 1.19. The average molecular weight is 309 g/mol. The van der Waals surface area contributed by atoms with E-state index in [1.165, 1.54) is 12.3 Å². The van der Waals surface area contributed by atoms with Crippen LogP contribution >= 0.6 is 23.3 Å². The fourth-order valence-electron chi connectivity index (χ4n) is 1.90. The normalized spacial score (nSPS) is 12.6. The molecule has 0 spiro atoms. The van der Waals surface area contributed by atoms with E-state index in [2.05, 4.69) is 19.0 Å². The molecule has 0 amide bonds. The van der Waals surface area contributed by atoms with Gasteiger partial charge in [-0.3, -0.25) is 4.98 Å². The molecule has 2 heterocycles. The number of rotatable bonds is 3. The lowest BCUT2D eigenvalue weighted by molar-refractivity contribution is 0.617. The highest BCUT2D eigenvalue weighted by Crippen LogP contribution is 2.32. The molecule has 3 rings (SSSR count). The number of hydrogen-bond donors (Lipinski definition) is 1. The first-order valence-corrected chi connectivity index (χ1v) is 7.05. The molecule has 2 aromatic heterocycles. The van der Waals surface area contributed by atoms with E-state index in [0.717, 1.165) is 34.1 Å². The Kier molecular flexibility index (Phi) is 3.50. The SMILES string of the molecule is CC(Nc1c(Cl)ccc2nsnc12)c1ccc(F)cn1. The summed E-state index contributed by atoms with van der Waals surface area (Å²) >= 11 is 7.35. The third-order valence-corrected chi connectivity index (χ3v) is 3.79. The maximum atomic E-state index is 12.9. The fourth-order valence-corrected chi connectivity index (χ4v) is 2.65. The molecule has 0 aliphatic carbocycles. The number of aromatic nitrogens is 3. The lowest BCUT2D eigenvalue weighted by Gasteiger charge is -2.16. The Labute approximate surface area is 124 Å². The van der Waals surface area contributed by atoms with Gasteiger partial charge in [0.2, 0.25) is 0 Å². The molecule has 0 radical (unpaired) electrons. The van der Waals surface area contributed by atoms with E-state index in [0.29, 0.717) is 5.02 Å². The first-order valence-electron chi connectivity index (χ1n) is 5.94. The quantitative estimate of drug-likeness (QED) is 0.793. The molecule has 0 saturated heterocycles. The van der Waals surface area contributed by atoms with Gasteiger partial charge in [0, 0.05) is 0 Å². The molecule has 0 saturated carbocycles. The summed E-state index contributed by atoms with van der Waals surface area (Å²) in [4.78, 5) is 4.06. The Morgan fingerprint density at radius 3 is 2.85 bits per heavy atom. The summed E-state index contributed by atoms with van der Waals surface area (Å²) in [7, 11) is 0. The molecule has 0 aliphatic heterocycles. The predicted octanol–water partition coefficient (Wildman–Crippen LogP) is 4.05. The molecule has 7 heteroatoms. The van der Waals surface area contributed by atoms with Crippen LogP contribution in [0.4, 0.5) is 10.1 Å². The van der Waals surface area contributed by atoms with E-state index in [-0.39, 0.29) is 11.9 Å². The summed E-state index contributed by atoms with van der Waals surface area (Å²) in [5, 5.41) is 3.83. The Balaban J connectivity index is 1.94. The van der Waals surface area contributed by atoms with Crippen molar-refractivity contribution in [3.05, 3.63) is 47.0 Å². The standard InChI is InChI=1S/C13H10ClFN4S/c1-7(10-4-2-8(15)6-16-10)17-12-9(14)3-5-11-13(12)19-20-18-11/h2-7,17H,1H3. The van der Waals surface area contributed by atoms with Gasteiger partial charge in [-0.15, -0.1) is 0 Å². The van der Waals surface area contributed by atoms with Crippen molar-refractivity contribution >= 4 is 40.0 Å². The molecular weight excluding hydrogens is 299 g/mol. The van der Waals surface area contributed by atoms with Gasteiger partial charge in [0.1, 0.15) is 16.9 Å². The number of nitrogens with one attached hydrogen (secondary N) is 1. The molecule has 0 fully saturated rings. The van der Waals surface area contributed by atoms with Gasteiger partial charge >= 0.3 is 0 Å². The van der Waals surface area contributed by atoms with Gasteiger partial charge in [-0.05, 0) is 31.2 Å². The van der Waals surface area contributed by atoms with Crippen LogP contribution in [0.15, 0.2) is 30.5 Å². The molecule has 1 atom stereocenters. The van der Waals surface area contributed by atoms with Gasteiger partial charge in [-0.25, -0.2) is 4.39 Å². The van der Waals surface area contributed by atoms with Crippen LogP contribution in [0.25, 0.3) is 11.0 Å². The van der Waals surface area contributed by atoms with E-state index in [9.17, 15) is 4.39 Å². The highest BCUT2D eigenvalue weighted by molar-refractivity contribution is 7.00. The minimum Gasteiger partial charge on any atom is -0.374 e. The third-order valence-electron chi connectivity index (χ3n) is 2.93. The van der Waals surface area contributed by atoms with Crippen LogP contribution in [-0.4, -0.2) is 13.7 Å². The van der Waals surface area contributed by atoms with Gasteiger partial charge in [0.25, 0.3) is 0 Å². The van der Waals surface area contributed by atoms with Gasteiger partial charge in [0.05, 0.1) is 40.4 Å². The van der Waals surface area contributed by atoms with Gasteiger partial charge in [0.15, 0.2) is 0 Å². The lowest BCUT2D eigenvalue weighted by Crippen LogP contribution is -2.09. The minimum absolute atomic E-state index is 0.125. The molecule has 4 nitrogen and oxygen atoms in total. The second-order valence-electron chi connectivity index (χ2n) is 4.32. The first kappa shape index (κ1) is 13.2. The zero-order chi connectivity index (χ0) is 14.1. The topological polar surface area (TPSA) is 50.7 Å². The van der Waals surface area contributed by atoms with Crippen LogP contribution in [0.1, 0.15) is 18.7 Å². The minimum atomic E-state index is -0.357. The Morgan fingerprint density at radius 1 is 1.25 bits per heavy atom. The Hall–Kier alpha value is -1.79. The summed E-state index contributed by atoms with van der Waals surface area (Å²) in [5.41, 5.74) is 2.97. The number of benzene rings is 1. The molecule has 0 aliphatic rings. The number of nitrogens with zero attached hydrogens (tertiary/aromatic N) is 3.